The van der Waals surface area contributed by atoms with Crippen LogP contribution in [-0.4, -0.2) is 16.2 Å². The summed E-state index contributed by atoms with van der Waals surface area (Å²) < 4.78 is 18.8. The maximum absolute atomic E-state index is 13.1. The van der Waals surface area contributed by atoms with Crippen molar-refractivity contribution in [3.05, 3.63) is 65.7 Å². The van der Waals surface area contributed by atoms with Crippen LogP contribution in [0.4, 0.5) is 4.39 Å². The largest absolute Gasteiger partial charge is 0.385 e. The highest BCUT2D eigenvalue weighted by molar-refractivity contribution is 5.24. The maximum Gasteiger partial charge on any atom is 0.213 e. The second-order valence-corrected chi connectivity index (χ2v) is 5.23. The smallest absolute Gasteiger partial charge is 0.213 e. The van der Waals surface area contributed by atoms with Gasteiger partial charge in [0.2, 0.25) is 5.95 Å². The summed E-state index contributed by atoms with van der Waals surface area (Å²) in [6.45, 7) is 0.534. The maximum atomic E-state index is 13.1. The summed E-state index contributed by atoms with van der Waals surface area (Å²) in [4.78, 5) is 3.50. The van der Waals surface area contributed by atoms with Crippen molar-refractivity contribution < 1.29 is 14.2 Å². The van der Waals surface area contributed by atoms with Crippen molar-refractivity contribution in [2.45, 2.75) is 31.2 Å². The van der Waals surface area contributed by atoms with Crippen LogP contribution in [0.1, 0.15) is 24.0 Å². The number of aliphatic hydroxyl groups is 1. The third-order valence-corrected chi connectivity index (χ3v) is 3.72. The number of hydrogen-bond acceptors (Lipinski definition) is 3. The average Bonchev–Trinajstić information content (AvgIpc) is 2.43. The second-order valence-electron chi connectivity index (χ2n) is 5.23. The van der Waals surface area contributed by atoms with Crippen LogP contribution in [-0.2, 0) is 16.9 Å². The third-order valence-electron chi connectivity index (χ3n) is 3.72. The van der Waals surface area contributed by atoms with Gasteiger partial charge in [0.05, 0.1) is 18.3 Å². The molecule has 0 amide bonds. The minimum Gasteiger partial charge on any atom is -0.385 e. The number of nitrogens with zero attached hydrogens (tertiary/aromatic N) is 1. The highest BCUT2D eigenvalue weighted by Crippen LogP contribution is 2.43. The van der Waals surface area contributed by atoms with Gasteiger partial charge >= 0.3 is 0 Å². The normalized spacial score (nSPS) is 25.2. The van der Waals surface area contributed by atoms with Gasteiger partial charge in [0, 0.05) is 19.0 Å². The predicted molar refractivity (Wildman–Crippen MR) is 72.3 cm³/mol. The van der Waals surface area contributed by atoms with E-state index in [1.54, 1.807) is 6.07 Å². The van der Waals surface area contributed by atoms with Crippen LogP contribution < -0.4 is 0 Å². The van der Waals surface area contributed by atoms with Gasteiger partial charge in [0.1, 0.15) is 0 Å². The first-order valence-corrected chi connectivity index (χ1v) is 6.66. The number of hydrogen-bond donors (Lipinski definition) is 1. The molecule has 0 spiro atoms. The lowest BCUT2D eigenvalue weighted by Gasteiger charge is -2.43. The molecule has 3 nitrogen and oxygen atoms in total. The molecule has 0 bridgehead atoms. The van der Waals surface area contributed by atoms with Gasteiger partial charge in [-0.2, -0.15) is 4.39 Å². The summed E-state index contributed by atoms with van der Waals surface area (Å²) in [6, 6.07) is 12.8. The molecule has 0 radical (unpaired) electrons. The summed E-state index contributed by atoms with van der Waals surface area (Å²) in [6.07, 6.45) is 2.37. The van der Waals surface area contributed by atoms with E-state index in [1.165, 1.54) is 12.3 Å². The molecular formula is C16H16FNO2. The van der Waals surface area contributed by atoms with Crippen molar-refractivity contribution in [1.82, 2.24) is 4.98 Å². The van der Waals surface area contributed by atoms with E-state index in [0.29, 0.717) is 25.0 Å². The molecule has 1 aromatic heterocycles. The molecule has 1 heterocycles. The molecule has 3 rings (SSSR count). The molecule has 2 aromatic rings. The highest BCUT2D eigenvalue weighted by Gasteiger charge is 2.44. The highest BCUT2D eigenvalue weighted by atomic mass is 19.1. The lowest BCUT2D eigenvalue weighted by molar-refractivity contribution is -0.149. The molecule has 1 aliphatic carbocycles. The van der Waals surface area contributed by atoms with Crippen molar-refractivity contribution in [3.63, 3.8) is 0 Å². The molecule has 0 aliphatic heterocycles. The fourth-order valence-corrected chi connectivity index (χ4v) is 2.53. The van der Waals surface area contributed by atoms with Crippen LogP contribution >= 0.6 is 0 Å². The quantitative estimate of drug-likeness (QED) is 0.871. The zero-order valence-electron chi connectivity index (χ0n) is 11.0. The van der Waals surface area contributed by atoms with Crippen molar-refractivity contribution >= 4 is 0 Å². The van der Waals surface area contributed by atoms with E-state index in [1.807, 2.05) is 30.3 Å². The lowest BCUT2D eigenvalue weighted by Crippen LogP contribution is -2.45. The van der Waals surface area contributed by atoms with E-state index in [4.69, 9.17) is 4.74 Å². The molecule has 0 saturated heterocycles. The van der Waals surface area contributed by atoms with E-state index in [2.05, 4.69) is 4.98 Å². The Morgan fingerprint density at radius 1 is 1.25 bits per heavy atom. The number of ether oxygens (including phenoxy) is 1. The van der Waals surface area contributed by atoms with Gasteiger partial charge in [0.15, 0.2) is 0 Å². The molecule has 0 unspecified atom stereocenters. The summed E-state index contributed by atoms with van der Waals surface area (Å²) in [5.74, 6) is -0.565. The van der Waals surface area contributed by atoms with Crippen molar-refractivity contribution in [1.29, 1.82) is 0 Å². The Hall–Kier alpha value is -1.78. The number of pyridine rings is 1. The zero-order chi connectivity index (χ0) is 14.0. The monoisotopic (exact) mass is 273 g/mol. The van der Waals surface area contributed by atoms with Crippen LogP contribution in [0, 0.1) is 5.95 Å². The Balaban J connectivity index is 1.55. The van der Waals surface area contributed by atoms with E-state index < -0.39 is 11.5 Å². The van der Waals surface area contributed by atoms with Gasteiger partial charge in [-0.3, -0.25) is 0 Å². The second kappa shape index (κ2) is 5.31. The lowest BCUT2D eigenvalue weighted by atomic mass is 9.73. The van der Waals surface area contributed by atoms with Crippen LogP contribution in [0.2, 0.25) is 0 Å². The average molecular weight is 273 g/mol. The fraction of sp³-hybridized carbons (Fsp3) is 0.312. The van der Waals surface area contributed by atoms with Crippen molar-refractivity contribution in [2.24, 2.45) is 0 Å². The van der Waals surface area contributed by atoms with Crippen molar-refractivity contribution in [3.8, 4) is 0 Å². The molecule has 1 fully saturated rings. The molecule has 104 valence electrons. The van der Waals surface area contributed by atoms with E-state index in [0.717, 1.165) is 5.56 Å². The summed E-state index contributed by atoms with van der Waals surface area (Å²) in [5.41, 5.74) is 0.702. The summed E-state index contributed by atoms with van der Waals surface area (Å²) in [7, 11) is 0. The van der Waals surface area contributed by atoms with Crippen LogP contribution in [0.15, 0.2) is 48.7 Å². The first-order valence-electron chi connectivity index (χ1n) is 6.66. The van der Waals surface area contributed by atoms with Gasteiger partial charge in [-0.05, 0) is 23.3 Å². The molecule has 1 aromatic carbocycles. The Morgan fingerprint density at radius 2 is 2.00 bits per heavy atom. The minimum atomic E-state index is -0.981. The predicted octanol–water partition coefficient (Wildman–Crippen LogP) is 2.79. The van der Waals surface area contributed by atoms with E-state index in [9.17, 15) is 9.50 Å². The van der Waals surface area contributed by atoms with Crippen LogP contribution in [0.3, 0.4) is 0 Å². The summed E-state index contributed by atoms with van der Waals surface area (Å²) in [5, 5.41) is 10.4. The topological polar surface area (TPSA) is 42.4 Å². The number of halogens is 1. The standard InChI is InChI=1S/C16H16FNO2/c17-15-8-13(6-7-18-15)16(19)9-14(10-16)20-11-12-4-2-1-3-5-12/h1-8,14,19H,9-11H2. The Labute approximate surface area is 117 Å². The number of aromatic nitrogens is 1. The summed E-state index contributed by atoms with van der Waals surface area (Å²) >= 11 is 0. The third kappa shape index (κ3) is 2.71. The minimum absolute atomic E-state index is 0.0106. The van der Waals surface area contributed by atoms with E-state index in [-0.39, 0.29) is 6.10 Å². The molecule has 0 atom stereocenters. The number of rotatable bonds is 4. The molecule has 4 heteroatoms. The van der Waals surface area contributed by atoms with Crippen molar-refractivity contribution in [2.75, 3.05) is 0 Å². The Bertz CT molecular complexity index is 582. The molecule has 1 aliphatic rings. The number of benzene rings is 1. The van der Waals surface area contributed by atoms with Gasteiger partial charge in [-0.15, -0.1) is 0 Å². The van der Waals surface area contributed by atoms with Gasteiger partial charge in [-0.1, -0.05) is 30.3 Å². The molecule has 20 heavy (non-hydrogen) atoms. The molecule has 1 N–H and O–H groups in total. The van der Waals surface area contributed by atoms with Gasteiger partial charge < -0.3 is 9.84 Å². The van der Waals surface area contributed by atoms with Gasteiger partial charge in [0.25, 0.3) is 0 Å². The Kier molecular flexibility index (Phi) is 3.51. The SMILES string of the molecule is OC1(c2ccnc(F)c2)CC(OCc2ccccc2)C1. The first kappa shape index (κ1) is 13.2. The molecular weight excluding hydrogens is 257 g/mol. The van der Waals surface area contributed by atoms with Crippen LogP contribution in [0.5, 0.6) is 0 Å². The van der Waals surface area contributed by atoms with E-state index >= 15 is 0 Å². The molecule has 1 saturated carbocycles. The Morgan fingerprint density at radius 3 is 2.70 bits per heavy atom. The zero-order valence-corrected chi connectivity index (χ0v) is 11.0. The van der Waals surface area contributed by atoms with Gasteiger partial charge in [-0.25, -0.2) is 4.98 Å². The first-order chi connectivity index (χ1) is 9.66. The fourth-order valence-electron chi connectivity index (χ4n) is 2.53. The van der Waals surface area contributed by atoms with Crippen LogP contribution in [0.25, 0.3) is 0 Å².